The van der Waals surface area contributed by atoms with Crippen LogP contribution in [0.1, 0.15) is 5.69 Å². The van der Waals surface area contributed by atoms with Crippen molar-refractivity contribution in [3.05, 3.63) is 26.9 Å². The third-order valence-electron chi connectivity index (χ3n) is 1.43. The summed E-state index contributed by atoms with van der Waals surface area (Å²) in [6, 6.07) is 1.85. The highest BCUT2D eigenvalue weighted by atomic mass is 79.9. The summed E-state index contributed by atoms with van der Waals surface area (Å²) in [6.07, 6.45) is 1.85. The highest BCUT2D eigenvalue weighted by molar-refractivity contribution is 9.10. The molecular weight excluding hydrogens is 276 g/mol. The summed E-state index contributed by atoms with van der Waals surface area (Å²) in [7, 11) is 0. The molecule has 0 aliphatic heterocycles. The van der Waals surface area contributed by atoms with Crippen molar-refractivity contribution < 1.29 is 0 Å². The number of hydrogen-bond acceptors (Lipinski definition) is 4. The maximum atomic E-state index is 5.84. The average Bonchev–Trinajstić information content (AvgIpc) is 2.64. The van der Waals surface area contributed by atoms with Gasteiger partial charge in [0.15, 0.2) is 0 Å². The van der Waals surface area contributed by atoms with Crippen molar-refractivity contribution in [2.24, 2.45) is 0 Å². The molecule has 0 aromatic carbocycles. The van der Waals surface area contributed by atoms with Gasteiger partial charge in [-0.25, -0.2) is 0 Å². The van der Waals surface area contributed by atoms with Crippen molar-refractivity contribution >= 4 is 39.1 Å². The first-order chi connectivity index (χ1) is 6.25. The molecule has 0 amide bonds. The summed E-state index contributed by atoms with van der Waals surface area (Å²) < 4.78 is 6.89. The first-order valence-electron chi connectivity index (χ1n) is 3.41. The van der Waals surface area contributed by atoms with Crippen molar-refractivity contribution in [2.45, 2.75) is 6.54 Å². The minimum Gasteiger partial charge on any atom is -0.265 e. The molecule has 0 bridgehead atoms. The van der Waals surface area contributed by atoms with E-state index in [1.165, 1.54) is 11.5 Å². The van der Waals surface area contributed by atoms with Gasteiger partial charge in [-0.2, -0.15) is 5.10 Å². The first-order valence-corrected chi connectivity index (χ1v) is 5.36. The molecule has 2 heterocycles. The van der Waals surface area contributed by atoms with E-state index >= 15 is 0 Å². The molecule has 2 rings (SSSR count). The number of halogens is 2. The first kappa shape index (κ1) is 9.11. The molecular formula is C6H4BrClN4S. The fourth-order valence-electron chi connectivity index (χ4n) is 0.870. The largest absolute Gasteiger partial charge is 0.265 e. The zero-order chi connectivity index (χ0) is 9.26. The summed E-state index contributed by atoms with van der Waals surface area (Å²) in [4.78, 5) is 0. The minimum absolute atomic E-state index is 0.556. The molecule has 2 aromatic rings. The standard InChI is InChI=1S/C6H4BrClN4S/c7-5-1-2-12(10-5)3-4-6(8)13-11-9-4/h1-2H,3H2. The lowest BCUT2D eigenvalue weighted by Gasteiger charge is -1.95. The van der Waals surface area contributed by atoms with Crippen LogP contribution in [0.5, 0.6) is 0 Å². The van der Waals surface area contributed by atoms with Gasteiger partial charge in [-0.05, 0) is 22.0 Å². The third kappa shape index (κ3) is 2.07. The Kier molecular flexibility index (Phi) is 2.61. The summed E-state index contributed by atoms with van der Waals surface area (Å²) in [5.41, 5.74) is 0.752. The van der Waals surface area contributed by atoms with Crippen LogP contribution in [0.25, 0.3) is 0 Å². The molecule has 0 radical (unpaired) electrons. The molecule has 0 unspecified atom stereocenters. The Morgan fingerprint density at radius 3 is 3.00 bits per heavy atom. The fraction of sp³-hybridized carbons (Fsp3) is 0.167. The SMILES string of the molecule is Clc1snnc1Cn1ccc(Br)n1. The van der Waals surface area contributed by atoms with Crippen LogP contribution in [0.2, 0.25) is 4.34 Å². The van der Waals surface area contributed by atoms with Gasteiger partial charge in [0.1, 0.15) is 14.6 Å². The van der Waals surface area contributed by atoms with Crippen LogP contribution in [0.3, 0.4) is 0 Å². The van der Waals surface area contributed by atoms with E-state index in [1.807, 2.05) is 12.3 Å². The Hall–Kier alpha value is -0.460. The van der Waals surface area contributed by atoms with Crippen molar-refractivity contribution in [1.29, 1.82) is 0 Å². The second-order valence-corrected chi connectivity index (χ2v) is 4.50. The summed E-state index contributed by atoms with van der Waals surface area (Å²) in [5, 5.41) is 8.02. The minimum atomic E-state index is 0.556. The predicted molar refractivity (Wildman–Crippen MR) is 53.9 cm³/mol. The molecule has 0 aliphatic rings. The third-order valence-corrected chi connectivity index (χ3v) is 2.84. The Labute approximate surface area is 91.8 Å². The molecule has 68 valence electrons. The molecule has 0 saturated carbocycles. The molecule has 0 atom stereocenters. The van der Waals surface area contributed by atoms with E-state index in [-0.39, 0.29) is 0 Å². The van der Waals surface area contributed by atoms with Crippen molar-refractivity contribution in [1.82, 2.24) is 19.4 Å². The number of rotatable bonds is 2. The van der Waals surface area contributed by atoms with Gasteiger partial charge in [0.25, 0.3) is 0 Å². The van der Waals surface area contributed by atoms with E-state index in [2.05, 4.69) is 30.6 Å². The smallest absolute Gasteiger partial charge is 0.139 e. The highest BCUT2D eigenvalue weighted by Gasteiger charge is 2.06. The normalized spacial score (nSPS) is 10.6. The van der Waals surface area contributed by atoms with Crippen LogP contribution in [0.15, 0.2) is 16.9 Å². The van der Waals surface area contributed by atoms with Crippen LogP contribution in [-0.2, 0) is 6.54 Å². The van der Waals surface area contributed by atoms with Crippen molar-refractivity contribution in [3.8, 4) is 0 Å². The molecule has 13 heavy (non-hydrogen) atoms. The Bertz CT molecular complexity index is 412. The van der Waals surface area contributed by atoms with Gasteiger partial charge >= 0.3 is 0 Å². The van der Waals surface area contributed by atoms with E-state index in [9.17, 15) is 0 Å². The van der Waals surface area contributed by atoms with Crippen LogP contribution in [0, 0.1) is 0 Å². The van der Waals surface area contributed by atoms with Gasteiger partial charge < -0.3 is 0 Å². The molecule has 0 aliphatic carbocycles. The molecule has 0 fully saturated rings. The lowest BCUT2D eigenvalue weighted by molar-refractivity contribution is 0.666. The molecule has 2 aromatic heterocycles. The molecule has 7 heteroatoms. The molecule has 0 saturated heterocycles. The van der Waals surface area contributed by atoms with Crippen molar-refractivity contribution in [2.75, 3.05) is 0 Å². The second kappa shape index (κ2) is 3.73. The quantitative estimate of drug-likeness (QED) is 0.846. The maximum Gasteiger partial charge on any atom is 0.139 e. The monoisotopic (exact) mass is 278 g/mol. The zero-order valence-electron chi connectivity index (χ0n) is 6.31. The summed E-state index contributed by atoms with van der Waals surface area (Å²) in [5.74, 6) is 0. The van der Waals surface area contributed by atoms with Crippen LogP contribution in [-0.4, -0.2) is 19.4 Å². The van der Waals surface area contributed by atoms with E-state index in [1.54, 1.807) is 4.68 Å². The lowest BCUT2D eigenvalue weighted by Crippen LogP contribution is -2.00. The highest BCUT2D eigenvalue weighted by Crippen LogP contribution is 2.18. The summed E-state index contributed by atoms with van der Waals surface area (Å²) >= 11 is 10.3. The topological polar surface area (TPSA) is 43.6 Å². The van der Waals surface area contributed by atoms with Gasteiger partial charge in [0.05, 0.1) is 6.54 Å². The second-order valence-electron chi connectivity index (χ2n) is 2.33. The zero-order valence-corrected chi connectivity index (χ0v) is 9.47. The van der Waals surface area contributed by atoms with Gasteiger partial charge in [-0.1, -0.05) is 16.1 Å². The van der Waals surface area contributed by atoms with Gasteiger partial charge in [0.2, 0.25) is 0 Å². The van der Waals surface area contributed by atoms with E-state index in [0.29, 0.717) is 10.9 Å². The molecule has 4 nitrogen and oxygen atoms in total. The fourth-order valence-corrected chi connectivity index (χ4v) is 1.80. The Morgan fingerprint density at radius 2 is 2.46 bits per heavy atom. The van der Waals surface area contributed by atoms with Crippen LogP contribution < -0.4 is 0 Å². The van der Waals surface area contributed by atoms with Gasteiger partial charge in [-0.15, -0.1) is 5.10 Å². The Morgan fingerprint density at radius 1 is 1.62 bits per heavy atom. The predicted octanol–water partition coefficient (Wildman–Crippen LogP) is 2.20. The van der Waals surface area contributed by atoms with Crippen molar-refractivity contribution in [3.63, 3.8) is 0 Å². The van der Waals surface area contributed by atoms with Crippen LogP contribution in [0.4, 0.5) is 0 Å². The van der Waals surface area contributed by atoms with E-state index in [4.69, 9.17) is 11.6 Å². The molecule has 0 spiro atoms. The lowest BCUT2D eigenvalue weighted by atomic mass is 10.5. The average molecular weight is 280 g/mol. The molecule has 0 N–H and O–H groups in total. The number of aromatic nitrogens is 4. The number of hydrogen-bond donors (Lipinski definition) is 0. The summed E-state index contributed by atoms with van der Waals surface area (Å²) in [6.45, 7) is 0.556. The Balaban J connectivity index is 2.19. The van der Waals surface area contributed by atoms with E-state index in [0.717, 1.165) is 10.3 Å². The van der Waals surface area contributed by atoms with E-state index < -0.39 is 0 Å². The van der Waals surface area contributed by atoms with Gasteiger partial charge in [-0.3, -0.25) is 4.68 Å². The maximum absolute atomic E-state index is 5.84. The van der Waals surface area contributed by atoms with Crippen LogP contribution >= 0.6 is 39.1 Å². The van der Waals surface area contributed by atoms with Gasteiger partial charge in [0, 0.05) is 17.7 Å². The number of nitrogens with zero attached hydrogens (tertiary/aromatic N) is 4.